The van der Waals surface area contributed by atoms with Crippen LogP contribution in [-0.4, -0.2) is 56.3 Å². The van der Waals surface area contributed by atoms with Gasteiger partial charge in [-0.05, 0) is 50.3 Å². The number of likely N-dealkylation sites (tertiary alicyclic amines) is 1. The second kappa shape index (κ2) is 10.2. The molecule has 1 aliphatic heterocycles. The van der Waals surface area contributed by atoms with E-state index in [9.17, 15) is 24.3 Å². The molecule has 0 atom stereocenters. The Kier molecular flexibility index (Phi) is 6.79. The normalized spacial score (nSPS) is 19.7. The predicted molar refractivity (Wildman–Crippen MR) is 133 cm³/mol. The number of amides is 3. The molecule has 5 rings (SSSR count). The van der Waals surface area contributed by atoms with Gasteiger partial charge in [0, 0.05) is 37.3 Å². The van der Waals surface area contributed by atoms with Crippen molar-refractivity contribution in [1.82, 2.24) is 14.9 Å². The van der Waals surface area contributed by atoms with Gasteiger partial charge in [0.2, 0.25) is 17.6 Å². The molecule has 192 valence electrons. The summed E-state index contributed by atoms with van der Waals surface area (Å²) in [5.74, 6) is -2.69. The van der Waals surface area contributed by atoms with Gasteiger partial charge in [-0.3, -0.25) is 14.4 Å². The third-order valence-corrected chi connectivity index (χ3v) is 7.07. The fourth-order valence-electron chi connectivity index (χ4n) is 5.04. The average molecular weight is 526 g/mol. The summed E-state index contributed by atoms with van der Waals surface area (Å²) in [6.45, 7) is 0.757. The molecule has 3 N–H and O–H groups in total. The van der Waals surface area contributed by atoms with E-state index in [4.69, 9.17) is 16.0 Å². The molecule has 4 heterocycles. The van der Waals surface area contributed by atoms with E-state index >= 15 is 0 Å². The zero-order chi connectivity index (χ0) is 26.1. The highest BCUT2D eigenvalue weighted by Crippen LogP contribution is 2.36. The number of carboxylic acids is 1. The lowest BCUT2D eigenvalue weighted by Crippen LogP contribution is -2.40. The highest BCUT2D eigenvalue weighted by Gasteiger charge is 2.35. The molecule has 3 amide bonds. The lowest BCUT2D eigenvalue weighted by atomic mass is 9.84. The Labute approximate surface area is 216 Å². The van der Waals surface area contributed by atoms with E-state index in [2.05, 4.69) is 20.6 Å². The molecule has 0 unspecified atom stereocenters. The van der Waals surface area contributed by atoms with Crippen molar-refractivity contribution >= 4 is 57.8 Å². The molecule has 1 saturated carbocycles. The van der Waals surface area contributed by atoms with Crippen molar-refractivity contribution in [2.24, 2.45) is 5.92 Å². The van der Waals surface area contributed by atoms with Crippen molar-refractivity contribution in [3.8, 4) is 0 Å². The van der Waals surface area contributed by atoms with Crippen molar-refractivity contribution < 1.29 is 28.7 Å². The number of carbonyl (C=O) groups is 4. The van der Waals surface area contributed by atoms with Crippen LogP contribution in [0.25, 0.3) is 11.0 Å². The molecule has 0 bridgehead atoms. The predicted octanol–water partition coefficient (Wildman–Crippen LogP) is 3.95. The first-order valence-corrected chi connectivity index (χ1v) is 12.4. The topological polar surface area (TPSA) is 155 Å². The molecule has 12 heteroatoms. The average Bonchev–Trinajstić information content (AvgIpc) is 3.49. The van der Waals surface area contributed by atoms with E-state index < -0.39 is 11.9 Å². The molecule has 2 aliphatic rings. The van der Waals surface area contributed by atoms with Crippen LogP contribution in [0.15, 0.2) is 35.0 Å². The first-order chi connectivity index (χ1) is 17.8. The molecule has 0 aromatic carbocycles. The minimum Gasteiger partial charge on any atom is -0.476 e. The Balaban J connectivity index is 1.40. The lowest BCUT2D eigenvalue weighted by Gasteiger charge is -2.34. The van der Waals surface area contributed by atoms with Crippen LogP contribution in [-0.2, 0) is 9.59 Å². The molecule has 0 spiro atoms. The van der Waals surface area contributed by atoms with Crippen LogP contribution < -0.4 is 10.6 Å². The van der Waals surface area contributed by atoms with Crippen molar-refractivity contribution in [1.29, 1.82) is 0 Å². The second-order valence-corrected chi connectivity index (χ2v) is 9.58. The monoisotopic (exact) mass is 525 g/mol. The summed E-state index contributed by atoms with van der Waals surface area (Å²) in [4.78, 5) is 60.2. The van der Waals surface area contributed by atoms with E-state index in [0.717, 1.165) is 13.0 Å². The smallest absolute Gasteiger partial charge is 0.355 e. The molecule has 2 fully saturated rings. The van der Waals surface area contributed by atoms with Gasteiger partial charge in [0.15, 0.2) is 5.69 Å². The third-order valence-electron chi connectivity index (χ3n) is 6.85. The van der Waals surface area contributed by atoms with Crippen molar-refractivity contribution in [3.63, 3.8) is 0 Å². The molecule has 11 nitrogen and oxygen atoms in total. The zero-order valence-corrected chi connectivity index (χ0v) is 20.5. The number of pyridine rings is 2. The third kappa shape index (κ3) is 4.99. The number of hydrogen-bond donors (Lipinski definition) is 3. The Bertz CT molecular complexity index is 1380. The lowest BCUT2D eigenvalue weighted by molar-refractivity contribution is -0.130. The number of carboxylic acid groups (broad SMARTS) is 1. The van der Waals surface area contributed by atoms with E-state index in [1.165, 1.54) is 24.5 Å². The van der Waals surface area contributed by atoms with Crippen LogP contribution in [0.5, 0.6) is 0 Å². The SMILES string of the molecule is O=C(Nc1ccc(Cl)cn1)c1oc2ccnc(C(=O)O)c2c1NC(=O)[C@H]1CC[C@H](N2CCCC2=O)CC1. The van der Waals surface area contributed by atoms with Crippen LogP contribution in [0.2, 0.25) is 5.02 Å². The summed E-state index contributed by atoms with van der Waals surface area (Å²) in [5.41, 5.74) is -0.321. The summed E-state index contributed by atoms with van der Waals surface area (Å²) in [6.07, 6.45) is 6.59. The molecular weight excluding hydrogens is 502 g/mol. The van der Waals surface area contributed by atoms with Gasteiger partial charge < -0.3 is 25.1 Å². The fourth-order valence-corrected chi connectivity index (χ4v) is 5.15. The molecular formula is C25H24ClN5O6. The molecule has 37 heavy (non-hydrogen) atoms. The van der Waals surface area contributed by atoms with Crippen LogP contribution in [0, 0.1) is 5.92 Å². The van der Waals surface area contributed by atoms with Crippen LogP contribution >= 0.6 is 11.6 Å². The van der Waals surface area contributed by atoms with E-state index in [1.54, 1.807) is 6.07 Å². The van der Waals surface area contributed by atoms with Crippen LogP contribution in [0.4, 0.5) is 11.5 Å². The molecule has 1 aliphatic carbocycles. The summed E-state index contributed by atoms with van der Waals surface area (Å²) in [5, 5.41) is 15.4. The van der Waals surface area contributed by atoms with E-state index in [-0.39, 0.29) is 57.7 Å². The number of hydrogen-bond acceptors (Lipinski definition) is 7. The fraction of sp³-hybridized carbons (Fsp3) is 0.360. The van der Waals surface area contributed by atoms with Gasteiger partial charge in [0.25, 0.3) is 5.91 Å². The maximum Gasteiger partial charge on any atom is 0.355 e. The Morgan fingerprint density at radius 2 is 1.86 bits per heavy atom. The van der Waals surface area contributed by atoms with Gasteiger partial charge in [-0.1, -0.05) is 11.6 Å². The maximum atomic E-state index is 13.3. The Hall–Kier alpha value is -3.99. The number of halogens is 1. The van der Waals surface area contributed by atoms with Gasteiger partial charge >= 0.3 is 5.97 Å². The number of fused-ring (bicyclic) bond motifs is 1. The summed E-state index contributed by atoms with van der Waals surface area (Å²) >= 11 is 5.85. The first kappa shape index (κ1) is 24.7. The largest absolute Gasteiger partial charge is 0.476 e. The van der Waals surface area contributed by atoms with Gasteiger partial charge in [0.05, 0.1) is 10.4 Å². The van der Waals surface area contributed by atoms with Crippen LogP contribution in [0.3, 0.4) is 0 Å². The molecule has 1 saturated heterocycles. The first-order valence-electron chi connectivity index (χ1n) is 12.0. The van der Waals surface area contributed by atoms with Gasteiger partial charge in [-0.15, -0.1) is 0 Å². The highest BCUT2D eigenvalue weighted by molar-refractivity contribution is 6.30. The van der Waals surface area contributed by atoms with Crippen molar-refractivity contribution in [2.45, 2.75) is 44.6 Å². The number of nitrogens with zero attached hydrogens (tertiary/aromatic N) is 3. The van der Waals surface area contributed by atoms with Gasteiger partial charge in [-0.2, -0.15) is 0 Å². The summed E-state index contributed by atoms with van der Waals surface area (Å²) in [7, 11) is 0. The molecule has 0 radical (unpaired) electrons. The Morgan fingerprint density at radius 3 is 2.51 bits per heavy atom. The zero-order valence-electron chi connectivity index (χ0n) is 19.7. The quantitative estimate of drug-likeness (QED) is 0.437. The summed E-state index contributed by atoms with van der Waals surface area (Å²) in [6, 6.07) is 4.59. The van der Waals surface area contributed by atoms with E-state index in [0.29, 0.717) is 37.1 Å². The van der Waals surface area contributed by atoms with Crippen molar-refractivity contribution in [3.05, 3.63) is 47.1 Å². The molecule has 3 aromatic heterocycles. The minimum atomic E-state index is -1.33. The van der Waals surface area contributed by atoms with Gasteiger partial charge in [0.1, 0.15) is 17.1 Å². The minimum absolute atomic E-state index is 0.0221. The number of carbonyl (C=O) groups excluding carboxylic acids is 3. The number of nitrogens with one attached hydrogen (secondary N) is 2. The number of rotatable bonds is 6. The number of aromatic nitrogens is 2. The highest BCUT2D eigenvalue weighted by atomic mass is 35.5. The second-order valence-electron chi connectivity index (χ2n) is 9.15. The van der Waals surface area contributed by atoms with Crippen molar-refractivity contribution in [2.75, 3.05) is 17.2 Å². The van der Waals surface area contributed by atoms with Crippen LogP contribution in [0.1, 0.15) is 59.6 Å². The standard InChI is InChI=1S/C25H24ClN5O6/c26-14-5-8-17(28-12-14)29-24(34)22-20(19-16(37-22)9-10-27-21(19)25(35)36)30-23(33)13-3-6-15(7-4-13)31-11-1-2-18(31)32/h5,8-10,12-13,15H,1-4,6-7,11H2,(H,30,33)(H,35,36)(H,28,29,34)/t13-,15-. The summed E-state index contributed by atoms with van der Waals surface area (Å²) < 4.78 is 5.70. The maximum absolute atomic E-state index is 13.3. The Morgan fingerprint density at radius 1 is 1.08 bits per heavy atom. The van der Waals surface area contributed by atoms with E-state index in [1.807, 2.05) is 4.90 Å². The van der Waals surface area contributed by atoms with Gasteiger partial charge in [-0.25, -0.2) is 14.8 Å². The number of aromatic carboxylic acids is 1. The molecule has 3 aromatic rings. The number of anilines is 2. The number of furan rings is 1.